The van der Waals surface area contributed by atoms with Crippen molar-refractivity contribution in [3.05, 3.63) is 65.4 Å². The number of fused-ring (bicyclic) bond motifs is 2. The SMILES string of the molecule is COCc1nc2c(o1)CN(C(=O)c1ccc3ccccc3c1)C2. The van der Waals surface area contributed by atoms with Crippen LogP contribution in [0.3, 0.4) is 0 Å². The van der Waals surface area contributed by atoms with Gasteiger partial charge in [-0.15, -0.1) is 0 Å². The summed E-state index contributed by atoms with van der Waals surface area (Å²) in [5.41, 5.74) is 1.51. The average Bonchev–Trinajstić information content (AvgIpc) is 3.12. The lowest BCUT2D eigenvalue weighted by molar-refractivity contribution is 0.0738. The first-order chi connectivity index (χ1) is 11.2. The third-order valence-electron chi connectivity index (χ3n) is 4.05. The van der Waals surface area contributed by atoms with Crippen molar-refractivity contribution in [2.45, 2.75) is 19.7 Å². The van der Waals surface area contributed by atoms with E-state index in [2.05, 4.69) is 4.98 Å². The highest BCUT2D eigenvalue weighted by atomic mass is 16.5. The Morgan fingerprint density at radius 2 is 2.04 bits per heavy atom. The lowest BCUT2D eigenvalue weighted by Gasteiger charge is -2.15. The van der Waals surface area contributed by atoms with Crippen molar-refractivity contribution in [1.82, 2.24) is 9.88 Å². The van der Waals surface area contributed by atoms with Crippen LogP contribution in [0, 0.1) is 0 Å². The van der Waals surface area contributed by atoms with Crippen LogP contribution in [-0.2, 0) is 24.4 Å². The molecule has 0 saturated heterocycles. The number of rotatable bonds is 3. The number of benzene rings is 2. The number of ether oxygens (including phenoxy) is 1. The van der Waals surface area contributed by atoms with Crippen LogP contribution in [0.15, 0.2) is 46.9 Å². The fraction of sp³-hybridized carbons (Fsp3) is 0.222. The molecule has 0 unspecified atom stereocenters. The van der Waals surface area contributed by atoms with Crippen molar-refractivity contribution >= 4 is 16.7 Å². The molecule has 0 saturated carbocycles. The second-order valence-electron chi connectivity index (χ2n) is 5.63. The highest BCUT2D eigenvalue weighted by molar-refractivity contribution is 5.98. The minimum atomic E-state index is -0.00255. The van der Waals surface area contributed by atoms with E-state index in [0.717, 1.165) is 22.2 Å². The molecule has 5 nitrogen and oxygen atoms in total. The van der Waals surface area contributed by atoms with Crippen LogP contribution in [0.5, 0.6) is 0 Å². The van der Waals surface area contributed by atoms with Gasteiger partial charge < -0.3 is 14.1 Å². The number of aromatic nitrogens is 1. The second-order valence-corrected chi connectivity index (χ2v) is 5.63. The number of methoxy groups -OCH3 is 1. The van der Waals surface area contributed by atoms with E-state index in [0.29, 0.717) is 31.2 Å². The molecule has 0 atom stereocenters. The molecule has 0 aliphatic carbocycles. The normalized spacial score (nSPS) is 13.5. The van der Waals surface area contributed by atoms with Crippen molar-refractivity contribution in [3.8, 4) is 0 Å². The van der Waals surface area contributed by atoms with Crippen molar-refractivity contribution in [2.24, 2.45) is 0 Å². The molecule has 0 N–H and O–H groups in total. The van der Waals surface area contributed by atoms with Crippen LogP contribution >= 0.6 is 0 Å². The third kappa shape index (κ3) is 2.49. The summed E-state index contributed by atoms with van der Waals surface area (Å²) in [7, 11) is 1.60. The molecule has 0 fully saturated rings. The second kappa shape index (κ2) is 5.52. The highest BCUT2D eigenvalue weighted by Gasteiger charge is 2.29. The van der Waals surface area contributed by atoms with Gasteiger partial charge in [0.2, 0.25) is 5.89 Å². The number of oxazole rings is 1. The highest BCUT2D eigenvalue weighted by Crippen LogP contribution is 2.26. The number of nitrogens with zero attached hydrogens (tertiary/aromatic N) is 2. The summed E-state index contributed by atoms with van der Waals surface area (Å²) in [5.74, 6) is 1.32. The molecule has 1 amide bonds. The zero-order chi connectivity index (χ0) is 15.8. The van der Waals surface area contributed by atoms with E-state index in [1.165, 1.54) is 0 Å². The van der Waals surface area contributed by atoms with E-state index in [4.69, 9.17) is 9.15 Å². The van der Waals surface area contributed by atoms with Crippen LogP contribution < -0.4 is 0 Å². The minimum Gasteiger partial charge on any atom is -0.441 e. The van der Waals surface area contributed by atoms with Crippen molar-refractivity contribution in [2.75, 3.05) is 7.11 Å². The summed E-state index contributed by atoms with van der Waals surface area (Å²) in [5, 5.41) is 2.19. The van der Waals surface area contributed by atoms with Crippen LogP contribution in [-0.4, -0.2) is 22.9 Å². The molecule has 1 aliphatic heterocycles. The molecule has 1 aliphatic rings. The monoisotopic (exact) mass is 308 g/mol. The van der Waals surface area contributed by atoms with E-state index >= 15 is 0 Å². The molecule has 3 aromatic rings. The van der Waals surface area contributed by atoms with Gasteiger partial charge in [-0.05, 0) is 22.9 Å². The number of amides is 1. The van der Waals surface area contributed by atoms with Crippen molar-refractivity contribution in [3.63, 3.8) is 0 Å². The smallest absolute Gasteiger partial charge is 0.254 e. The lowest BCUT2D eigenvalue weighted by atomic mass is 10.1. The van der Waals surface area contributed by atoms with Gasteiger partial charge in [-0.1, -0.05) is 30.3 Å². The van der Waals surface area contributed by atoms with Gasteiger partial charge in [-0.25, -0.2) is 4.98 Å². The maximum Gasteiger partial charge on any atom is 0.254 e. The van der Waals surface area contributed by atoms with Gasteiger partial charge in [0, 0.05) is 12.7 Å². The van der Waals surface area contributed by atoms with Gasteiger partial charge in [0.1, 0.15) is 18.1 Å². The Bertz CT molecular complexity index is 861. The Kier molecular flexibility index (Phi) is 3.35. The van der Waals surface area contributed by atoms with E-state index < -0.39 is 0 Å². The first-order valence-electron chi connectivity index (χ1n) is 7.49. The van der Waals surface area contributed by atoms with E-state index in [1.807, 2.05) is 42.5 Å². The Morgan fingerprint density at radius 3 is 2.83 bits per heavy atom. The largest absolute Gasteiger partial charge is 0.441 e. The van der Waals surface area contributed by atoms with Gasteiger partial charge in [0.15, 0.2) is 0 Å². The summed E-state index contributed by atoms with van der Waals surface area (Å²) in [6.45, 7) is 1.29. The maximum atomic E-state index is 12.7. The van der Waals surface area contributed by atoms with Gasteiger partial charge in [0.25, 0.3) is 5.91 Å². The molecule has 1 aromatic heterocycles. The standard InChI is InChI=1S/C18H16N2O3/c1-22-11-17-19-15-9-20(10-16(15)23-17)18(21)14-7-6-12-4-2-3-5-13(12)8-14/h2-8H,9-11H2,1H3. The summed E-state index contributed by atoms with van der Waals surface area (Å²) >= 11 is 0. The molecule has 2 aromatic carbocycles. The number of carbonyl (C=O) groups is 1. The summed E-state index contributed by atoms with van der Waals surface area (Å²) in [4.78, 5) is 18.8. The summed E-state index contributed by atoms with van der Waals surface area (Å²) < 4.78 is 10.6. The molecule has 0 spiro atoms. The number of carbonyl (C=O) groups excluding carboxylic acids is 1. The fourth-order valence-corrected chi connectivity index (χ4v) is 2.93. The Balaban J connectivity index is 1.56. The average molecular weight is 308 g/mol. The van der Waals surface area contributed by atoms with Gasteiger partial charge >= 0.3 is 0 Å². The molecule has 0 bridgehead atoms. The van der Waals surface area contributed by atoms with E-state index in [1.54, 1.807) is 12.0 Å². The Hall–Kier alpha value is -2.66. The van der Waals surface area contributed by atoms with E-state index in [-0.39, 0.29) is 5.91 Å². The fourth-order valence-electron chi connectivity index (χ4n) is 2.93. The molecule has 5 heteroatoms. The van der Waals surface area contributed by atoms with Gasteiger partial charge in [0.05, 0.1) is 13.1 Å². The van der Waals surface area contributed by atoms with Crippen LogP contribution in [0.1, 0.15) is 27.7 Å². The lowest BCUT2D eigenvalue weighted by Crippen LogP contribution is -2.25. The van der Waals surface area contributed by atoms with Crippen LogP contribution in [0.2, 0.25) is 0 Å². The van der Waals surface area contributed by atoms with Gasteiger partial charge in [-0.3, -0.25) is 4.79 Å². The number of hydrogen-bond acceptors (Lipinski definition) is 4. The minimum absolute atomic E-state index is 0.00255. The molecule has 23 heavy (non-hydrogen) atoms. The summed E-state index contributed by atoms with van der Waals surface area (Å²) in [6, 6.07) is 13.8. The number of hydrogen-bond donors (Lipinski definition) is 0. The quantitative estimate of drug-likeness (QED) is 0.746. The molecule has 0 radical (unpaired) electrons. The maximum absolute atomic E-state index is 12.7. The Morgan fingerprint density at radius 1 is 1.22 bits per heavy atom. The topological polar surface area (TPSA) is 55.6 Å². The first-order valence-corrected chi connectivity index (χ1v) is 7.49. The zero-order valence-corrected chi connectivity index (χ0v) is 12.8. The first kappa shape index (κ1) is 14.0. The van der Waals surface area contributed by atoms with E-state index in [9.17, 15) is 4.79 Å². The van der Waals surface area contributed by atoms with Crippen molar-refractivity contribution < 1.29 is 13.9 Å². The summed E-state index contributed by atoms with van der Waals surface area (Å²) in [6.07, 6.45) is 0. The molecular weight excluding hydrogens is 292 g/mol. The van der Waals surface area contributed by atoms with Crippen LogP contribution in [0.4, 0.5) is 0 Å². The van der Waals surface area contributed by atoms with Crippen molar-refractivity contribution in [1.29, 1.82) is 0 Å². The molecule has 2 heterocycles. The predicted molar refractivity (Wildman–Crippen MR) is 84.7 cm³/mol. The molecular formula is C18H16N2O3. The Labute approximate surface area is 133 Å². The zero-order valence-electron chi connectivity index (χ0n) is 12.8. The molecule has 116 valence electrons. The van der Waals surface area contributed by atoms with Gasteiger partial charge in [-0.2, -0.15) is 0 Å². The third-order valence-corrected chi connectivity index (χ3v) is 4.05. The predicted octanol–water partition coefficient (Wildman–Crippen LogP) is 3.13. The van der Waals surface area contributed by atoms with Crippen LogP contribution in [0.25, 0.3) is 10.8 Å². The molecule has 4 rings (SSSR count).